The van der Waals surface area contributed by atoms with Gasteiger partial charge >= 0.3 is 6.09 Å². The third kappa shape index (κ3) is 3.64. The van der Waals surface area contributed by atoms with Crippen molar-refractivity contribution in [3.63, 3.8) is 0 Å². The van der Waals surface area contributed by atoms with E-state index in [0.29, 0.717) is 32.2 Å². The molecule has 146 valence electrons. The van der Waals surface area contributed by atoms with Gasteiger partial charge in [-0.15, -0.1) is 0 Å². The summed E-state index contributed by atoms with van der Waals surface area (Å²) in [7, 11) is 0. The lowest BCUT2D eigenvalue weighted by atomic mass is 9.94. The van der Waals surface area contributed by atoms with Crippen LogP contribution in [0.25, 0.3) is 10.8 Å². The fourth-order valence-electron chi connectivity index (χ4n) is 3.24. The Kier molecular flexibility index (Phi) is 5.13. The average Bonchev–Trinajstić information content (AvgIpc) is 2.71. The van der Waals surface area contributed by atoms with Gasteiger partial charge in [-0.25, -0.2) is 4.79 Å². The maximum Gasteiger partial charge on any atom is 0.411 e. The number of benzene rings is 3. The molecule has 3 aromatic rings. The zero-order valence-corrected chi connectivity index (χ0v) is 16.5. The van der Waals surface area contributed by atoms with Gasteiger partial charge in [0.25, 0.3) is 11.8 Å². The molecule has 0 spiro atoms. The molecule has 8 heteroatoms. The molecule has 1 heterocycles. The number of nitrogens with one attached hydrogen (secondary N) is 1. The van der Waals surface area contributed by atoms with E-state index >= 15 is 0 Å². The van der Waals surface area contributed by atoms with Crippen molar-refractivity contribution in [2.45, 2.75) is 0 Å². The lowest BCUT2D eigenvalue weighted by Gasteiger charge is -2.26. The van der Waals surface area contributed by atoms with Gasteiger partial charge in [0.15, 0.2) is 0 Å². The maximum atomic E-state index is 12.8. The van der Waals surface area contributed by atoms with Crippen LogP contribution < -0.4 is 5.32 Å². The van der Waals surface area contributed by atoms with Crippen molar-refractivity contribution in [2.24, 2.45) is 0 Å². The molecule has 4 rings (SSSR count). The molecule has 0 unspecified atom stereocenters. The summed E-state index contributed by atoms with van der Waals surface area (Å²) in [5.74, 6) is -0.819. The Morgan fingerprint density at radius 1 is 0.931 bits per heavy atom. The fourth-order valence-corrected chi connectivity index (χ4v) is 3.54. The Labute approximate surface area is 176 Å². The van der Waals surface area contributed by atoms with Crippen LogP contribution in [0.4, 0.5) is 10.5 Å². The highest BCUT2D eigenvalue weighted by Crippen LogP contribution is 2.30. The van der Waals surface area contributed by atoms with Gasteiger partial charge in [0.05, 0.1) is 16.6 Å². The number of amides is 3. The van der Waals surface area contributed by atoms with Crippen LogP contribution >= 0.6 is 23.2 Å². The topological polar surface area (TPSA) is 75.7 Å². The quantitative estimate of drug-likeness (QED) is 0.593. The first-order chi connectivity index (χ1) is 14.0. The Morgan fingerprint density at radius 3 is 2.21 bits per heavy atom. The highest BCUT2D eigenvalue weighted by atomic mass is 35.5. The Balaban J connectivity index is 1.42. The summed E-state index contributed by atoms with van der Waals surface area (Å²) in [6, 6.07) is 15.2. The number of hydrogen-bond acceptors (Lipinski definition) is 4. The number of rotatable bonds is 4. The molecular formula is C21H14Cl2N2O4. The monoisotopic (exact) mass is 428 g/mol. The van der Waals surface area contributed by atoms with Gasteiger partial charge in [0, 0.05) is 22.2 Å². The van der Waals surface area contributed by atoms with Gasteiger partial charge in [0.2, 0.25) is 0 Å². The number of imide groups is 1. The largest absolute Gasteiger partial charge is 0.447 e. The molecule has 0 saturated heterocycles. The lowest BCUT2D eigenvalue weighted by molar-refractivity contribution is 0.0568. The number of nitrogens with zero attached hydrogens (tertiary/aromatic N) is 1. The second kappa shape index (κ2) is 7.73. The summed E-state index contributed by atoms with van der Waals surface area (Å²) in [4.78, 5) is 38.6. The summed E-state index contributed by atoms with van der Waals surface area (Å²) in [5.41, 5.74) is 1.33. The van der Waals surface area contributed by atoms with Crippen molar-refractivity contribution >= 4 is 57.6 Å². The zero-order chi connectivity index (χ0) is 20.5. The highest BCUT2D eigenvalue weighted by molar-refractivity contribution is 6.42. The van der Waals surface area contributed by atoms with Crippen LogP contribution in [-0.4, -0.2) is 36.0 Å². The van der Waals surface area contributed by atoms with Gasteiger partial charge in [-0.1, -0.05) is 47.5 Å². The normalized spacial score (nSPS) is 13.0. The van der Waals surface area contributed by atoms with E-state index in [-0.39, 0.29) is 13.2 Å². The number of carbonyl (C=O) groups excluding carboxylic acids is 3. The summed E-state index contributed by atoms with van der Waals surface area (Å²) in [5, 5.41) is 4.65. The molecule has 0 saturated carbocycles. The average molecular weight is 429 g/mol. The Morgan fingerprint density at radius 2 is 1.59 bits per heavy atom. The molecule has 1 aliphatic rings. The molecule has 3 amide bonds. The summed E-state index contributed by atoms with van der Waals surface area (Å²) >= 11 is 11.7. The smallest absolute Gasteiger partial charge is 0.411 e. The van der Waals surface area contributed by atoms with E-state index in [1.54, 1.807) is 36.4 Å². The number of hydrogen-bond donors (Lipinski definition) is 1. The molecule has 3 aromatic carbocycles. The standard InChI is InChI=1S/C21H14Cl2N2O4/c22-16-8-7-13(11-17(16)23)24-21(28)29-10-9-25-19(26)14-5-1-3-12-4-2-6-15(18(12)14)20(25)27/h1-8,11H,9-10H2,(H,24,28). The molecule has 29 heavy (non-hydrogen) atoms. The molecular weight excluding hydrogens is 415 g/mol. The van der Waals surface area contributed by atoms with E-state index in [1.165, 1.54) is 6.07 Å². The molecule has 1 N–H and O–H groups in total. The second-order valence-electron chi connectivity index (χ2n) is 6.36. The van der Waals surface area contributed by atoms with Crippen molar-refractivity contribution in [3.05, 3.63) is 75.8 Å². The molecule has 0 aliphatic carbocycles. The summed E-state index contributed by atoms with van der Waals surface area (Å²) in [6.07, 6.45) is -0.734. The third-order valence-corrected chi connectivity index (χ3v) is 5.31. The van der Waals surface area contributed by atoms with Crippen LogP contribution in [0.1, 0.15) is 20.7 Å². The van der Waals surface area contributed by atoms with E-state index < -0.39 is 17.9 Å². The minimum absolute atomic E-state index is 0.0584. The first-order valence-electron chi connectivity index (χ1n) is 8.72. The summed E-state index contributed by atoms with van der Waals surface area (Å²) < 4.78 is 5.10. The van der Waals surface area contributed by atoms with Crippen molar-refractivity contribution in [1.82, 2.24) is 4.90 Å². The maximum absolute atomic E-state index is 12.8. The van der Waals surface area contributed by atoms with E-state index in [4.69, 9.17) is 27.9 Å². The van der Waals surface area contributed by atoms with E-state index in [9.17, 15) is 14.4 Å². The SMILES string of the molecule is O=C(Nc1ccc(Cl)c(Cl)c1)OCCN1C(=O)c2cccc3cccc(c23)C1=O. The van der Waals surface area contributed by atoms with E-state index in [1.807, 2.05) is 12.1 Å². The first-order valence-corrected chi connectivity index (χ1v) is 9.48. The molecule has 0 radical (unpaired) electrons. The minimum Gasteiger partial charge on any atom is -0.447 e. The number of carbonyl (C=O) groups is 3. The van der Waals surface area contributed by atoms with Crippen LogP contribution in [0.5, 0.6) is 0 Å². The van der Waals surface area contributed by atoms with Gasteiger partial charge in [-0.2, -0.15) is 0 Å². The van der Waals surface area contributed by atoms with Crippen LogP contribution in [0.3, 0.4) is 0 Å². The van der Waals surface area contributed by atoms with Crippen LogP contribution in [0.2, 0.25) is 10.0 Å². The van der Waals surface area contributed by atoms with Gasteiger partial charge in [0.1, 0.15) is 6.61 Å². The molecule has 0 fully saturated rings. The van der Waals surface area contributed by atoms with Crippen LogP contribution in [-0.2, 0) is 4.74 Å². The number of halogens is 2. The van der Waals surface area contributed by atoms with Crippen molar-refractivity contribution in [3.8, 4) is 0 Å². The predicted octanol–water partition coefficient (Wildman–Crippen LogP) is 4.99. The van der Waals surface area contributed by atoms with Gasteiger partial charge < -0.3 is 4.74 Å². The third-order valence-electron chi connectivity index (χ3n) is 4.57. The summed E-state index contributed by atoms with van der Waals surface area (Å²) in [6.45, 7) is -0.208. The fraction of sp³-hybridized carbons (Fsp3) is 0.0952. The zero-order valence-electron chi connectivity index (χ0n) is 14.9. The van der Waals surface area contributed by atoms with Crippen molar-refractivity contribution in [1.29, 1.82) is 0 Å². The number of ether oxygens (including phenoxy) is 1. The van der Waals surface area contributed by atoms with E-state index in [0.717, 1.165) is 10.3 Å². The van der Waals surface area contributed by atoms with Gasteiger partial charge in [-0.05, 0) is 35.7 Å². The Bertz CT molecular complexity index is 1110. The molecule has 0 bridgehead atoms. The van der Waals surface area contributed by atoms with Crippen molar-refractivity contribution < 1.29 is 19.1 Å². The molecule has 0 aromatic heterocycles. The molecule has 1 aliphatic heterocycles. The Hall–Kier alpha value is -3.09. The predicted molar refractivity (Wildman–Crippen MR) is 111 cm³/mol. The number of anilines is 1. The van der Waals surface area contributed by atoms with Crippen LogP contribution in [0, 0.1) is 0 Å². The second-order valence-corrected chi connectivity index (χ2v) is 7.18. The van der Waals surface area contributed by atoms with Gasteiger partial charge in [-0.3, -0.25) is 19.8 Å². The lowest BCUT2D eigenvalue weighted by Crippen LogP contribution is -2.42. The highest BCUT2D eigenvalue weighted by Gasteiger charge is 2.32. The first kappa shape index (κ1) is 19.2. The van der Waals surface area contributed by atoms with Crippen molar-refractivity contribution in [2.75, 3.05) is 18.5 Å². The molecule has 0 atom stereocenters. The minimum atomic E-state index is -0.734. The molecule has 6 nitrogen and oxygen atoms in total. The van der Waals surface area contributed by atoms with E-state index in [2.05, 4.69) is 5.32 Å². The van der Waals surface area contributed by atoms with Crippen LogP contribution in [0.15, 0.2) is 54.6 Å².